The molecule has 0 aromatic carbocycles. The van der Waals surface area contributed by atoms with Crippen molar-refractivity contribution in [3.8, 4) is 0 Å². The van der Waals surface area contributed by atoms with Crippen LogP contribution in [0.5, 0.6) is 0 Å². The highest BCUT2D eigenvalue weighted by molar-refractivity contribution is 5.74. The zero-order valence-corrected chi connectivity index (χ0v) is 46.1. The molecular formula is C61H104O12. The van der Waals surface area contributed by atoms with Gasteiger partial charge in [-0.25, -0.2) is 4.79 Å². The van der Waals surface area contributed by atoms with Gasteiger partial charge in [0, 0.05) is 19.3 Å². The van der Waals surface area contributed by atoms with Crippen LogP contribution in [0.2, 0.25) is 0 Å². The van der Waals surface area contributed by atoms with E-state index in [1.54, 1.807) is 0 Å². The van der Waals surface area contributed by atoms with Gasteiger partial charge in [0.1, 0.15) is 18.8 Å². The maximum Gasteiger partial charge on any atom is 0.335 e. The summed E-state index contributed by atoms with van der Waals surface area (Å²) in [5, 5.41) is 31.5. The summed E-state index contributed by atoms with van der Waals surface area (Å²) in [6.07, 6.45) is 47.7. The van der Waals surface area contributed by atoms with Crippen molar-refractivity contribution < 1.29 is 58.2 Å². The number of carboxylic acid groups (broad SMARTS) is 1. The van der Waals surface area contributed by atoms with Gasteiger partial charge in [-0.3, -0.25) is 14.4 Å². The maximum absolute atomic E-state index is 13.1. The SMILES string of the molecule is CC/C=C\C/C=C\C/C=C\C/C=C\CCCCC(=O)OCC(COC1OC(C(=O)O)C(O)C(O)C1OC(=O)CCCCCCCCCCCCCCCCCCC)OC(=O)CCCCCCC/C=C\CCCC. The predicted molar refractivity (Wildman–Crippen MR) is 294 cm³/mol. The van der Waals surface area contributed by atoms with Gasteiger partial charge in [0.05, 0.1) is 6.61 Å². The van der Waals surface area contributed by atoms with E-state index in [-0.39, 0.29) is 25.9 Å². The number of carbonyl (C=O) groups is 4. The van der Waals surface area contributed by atoms with Crippen molar-refractivity contribution in [3.05, 3.63) is 60.8 Å². The van der Waals surface area contributed by atoms with Gasteiger partial charge >= 0.3 is 23.9 Å². The van der Waals surface area contributed by atoms with Crippen molar-refractivity contribution in [2.75, 3.05) is 13.2 Å². The lowest BCUT2D eigenvalue weighted by Gasteiger charge is -2.40. The Labute approximate surface area is 443 Å². The first-order valence-electron chi connectivity index (χ1n) is 29.3. The Bertz CT molecular complexity index is 1500. The van der Waals surface area contributed by atoms with Crippen LogP contribution in [-0.4, -0.2) is 89.2 Å². The van der Waals surface area contributed by atoms with Crippen LogP contribution in [0, 0.1) is 0 Å². The Balaban J connectivity index is 2.69. The number of carboxylic acids is 1. The predicted octanol–water partition coefficient (Wildman–Crippen LogP) is 14.8. The third kappa shape index (κ3) is 39.5. The number of allylic oxidation sites excluding steroid dienone is 10. The van der Waals surface area contributed by atoms with E-state index in [1.807, 2.05) is 0 Å². The van der Waals surface area contributed by atoms with Gasteiger partial charge < -0.3 is 39.0 Å². The quantitative estimate of drug-likeness (QED) is 0.0228. The van der Waals surface area contributed by atoms with Gasteiger partial charge in [-0.2, -0.15) is 0 Å². The summed E-state index contributed by atoms with van der Waals surface area (Å²) in [7, 11) is 0. The first kappa shape index (κ1) is 67.4. The summed E-state index contributed by atoms with van der Waals surface area (Å²) in [6, 6.07) is 0. The zero-order valence-electron chi connectivity index (χ0n) is 46.1. The Kier molecular flexibility index (Phi) is 45.5. The molecule has 420 valence electrons. The minimum atomic E-state index is -1.91. The van der Waals surface area contributed by atoms with Crippen molar-refractivity contribution in [2.45, 2.75) is 289 Å². The lowest BCUT2D eigenvalue weighted by molar-refractivity contribution is -0.301. The van der Waals surface area contributed by atoms with E-state index in [1.165, 1.54) is 89.9 Å². The second-order valence-electron chi connectivity index (χ2n) is 19.9. The first-order chi connectivity index (χ1) is 35.6. The molecule has 1 rings (SSSR count). The van der Waals surface area contributed by atoms with Crippen molar-refractivity contribution in [1.82, 2.24) is 0 Å². The highest BCUT2D eigenvalue weighted by Gasteiger charge is 2.50. The molecule has 1 fully saturated rings. The van der Waals surface area contributed by atoms with Crippen LogP contribution in [-0.2, 0) is 42.9 Å². The van der Waals surface area contributed by atoms with Crippen LogP contribution >= 0.6 is 0 Å². The molecule has 6 atom stereocenters. The zero-order chi connectivity index (χ0) is 53.3. The summed E-state index contributed by atoms with van der Waals surface area (Å²) >= 11 is 0. The fraction of sp³-hybridized carbons (Fsp3) is 0.770. The fourth-order valence-electron chi connectivity index (χ4n) is 8.58. The Morgan fingerprint density at radius 2 is 0.877 bits per heavy atom. The van der Waals surface area contributed by atoms with Crippen molar-refractivity contribution in [2.24, 2.45) is 0 Å². The third-order valence-corrected chi connectivity index (χ3v) is 13.1. The minimum absolute atomic E-state index is 0.0583. The van der Waals surface area contributed by atoms with Crippen LogP contribution in [0.15, 0.2) is 60.8 Å². The molecule has 1 heterocycles. The Morgan fingerprint density at radius 1 is 0.466 bits per heavy atom. The molecule has 12 heteroatoms. The third-order valence-electron chi connectivity index (χ3n) is 13.1. The first-order valence-corrected chi connectivity index (χ1v) is 29.3. The maximum atomic E-state index is 13.1. The highest BCUT2D eigenvalue weighted by Crippen LogP contribution is 2.26. The smallest absolute Gasteiger partial charge is 0.335 e. The van der Waals surface area contributed by atoms with Crippen LogP contribution in [0.4, 0.5) is 0 Å². The molecule has 73 heavy (non-hydrogen) atoms. The number of aliphatic hydroxyl groups is 2. The highest BCUT2D eigenvalue weighted by atomic mass is 16.7. The monoisotopic (exact) mass is 1030 g/mol. The van der Waals surface area contributed by atoms with Gasteiger partial charge in [0.15, 0.2) is 24.6 Å². The number of aliphatic hydroxyl groups excluding tert-OH is 2. The fourth-order valence-corrected chi connectivity index (χ4v) is 8.58. The van der Waals surface area contributed by atoms with Gasteiger partial charge in [0.25, 0.3) is 0 Å². The summed E-state index contributed by atoms with van der Waals surface area (Å²) in [5.74, 6) is -3.18. The van der Waals surface area contributed by atoms with Gasteiger partial charge in [-0.1, -0.05) is 216 Å². The summed E-state index contributed by atoms with van der Waals surface area (Å²) in [6.45, 7) is 5.80. The summed E-state index contributed by atoms with van der Waals surface area (Å²) in [4.78, 5) is 51.0. The molecule has 0 aromatic heterocycles. The van der Waals surface area contributed by atoms with Crippen LogP contribution in [0.3, 0.4) is 0 Å². The molecule has 3 N–H and O–H groups in total. The molecule has 0 amide bonds. The second kappa shape index (κ2) is 49.3. The van der Waals surface area contributed by atoms with Crippen molar-refractivity contribution >= 4 is 23.9 Å². The van der Waals surface area contributed by atoms with Crippen LogP contribution in [0.1, 0.15) is 252 Å². The molecule has 0 aliphatic carbocycles. The van der Waals surface area contributed by atoms with Gasteiger partial charge in [-0.05, 0) is 77.0 Å². The molecular weight excluding hydrogens is 925 g/mol. The number of hydrogen-bond acceptors (Lipinski definition) is 11. The van der Waals surface area contributed by atoms with E-state index in [2.05, 4.69) is 81.5 Å². The van der Waals surface area contributed by atoms with E-state index in [0.717, 1.165) is 103 Å². The standard InChI is InChI=1S/C61H104O12/c1-4-7-10-13-16-19-22-24-26-27-29-31-34-37-40-43-46-49-55(64)72-59-57(66)56(65)58(60(67)68)73-61(59)70-51-52(71-54(63)48-45-42-39-36-32-21-18-15-12-9-6-3)50-69-53(62)47-44-41-38-35-33-30-28-25-23-20-17-14-11-8-5-2/h8,11,15,17-18,20,25,28,33,35,52,56-59,61,65-66H,4-7,9-10,12-14,16,19,21-24,26-27,29-32,34,36-51H2,1-3H3,(H,67,68)/b11-8-,18-15-,20-17-,28-25-,35-33-. The van der Waals surface area contributed by atoms with Crippen LogP contribution in [0.25, 0.3) is 0 Å². The molecule has 0 saturated carbocycles. The second-order valence-corrected chi connectivity index (χ2v) is 19.9. The molecule has 6 unspecified atom stereocenters. The van der Waals surface area contributed by atoms with Crippen molar-refractivity contribution in [1.29, 1.82) is 0 Å². The minimum Gasteiger partial charge on any atom is -0.479 e. The number of carbonyl (C=O) groups excluding carboxylic acids is 3. The van der Waals surface area contributed by atoms with Gasteiger partial charge in [-0.15, -0.1) is 0 Å². The molecule has 0 spiro atoms. The molecule has 0 aromatic rings. The number of hydrogen-bond donors (Lipinski definition) is 3. The average molecular weight is 1030 g/mol. The molecule has 1 aliphatic rings. The van der Waals surface area contributed by atoms with E-state index >= 15 is 0 Å². The van der Waals surface area contributed by atoms with Crippen LogP contribution < -0.4 is 0 Å². The summed E-state index contributed by atoms with van der Waals surface area (Å²) in [5.41, 5.74) is 0. The van der Waals surface area contributed by atoms with E-state index in [9.17, 15) is 34.5 Å². The number of aliphatic carboxylic acids is 1. The number of esters is 3. The lowest BCUT2D eigenvalue weighted by atomic mass is 9.98. The van der Waals surface area contributed by atoms with Gasteiger partial charge in [0.2, 0.25) is 0 Å². The largest absolute Gasteiger partial charge is 0.479 e. The topological polar surface area (TPSA) is 175 Å². The Hall–Kier alpha value is -3.58. The van der Waals surface area contributed by atoms with E-state index in [4.69, 9.17) is 23.7 Å². The molecule has 1 aliphatic heterocycles. The lowest BCUT2D eigenvalue weighted by Crippen LogP contribution is -2.61. The molecule has 0 radical (unpaired) electrons. The van der Waals surface area contributed by atoms with Crippen molar-refractivity contribution in [3.63, 3.8) is 0 Å². The number of unbranched alkanes of at least 4 members (excludes halogenated alkanes) is 25. The molecule has 12 nitrogen and oxygen atoms in total. The number of rotatable bonds is 49. The average Bonchev–Trinajstić information content (AvgIpc) is 3.37. The normalized spacial score (nSPS) is 18.7. The van der Waals surface area contributed by atoms with E-state index < -0.39 is 67.3 Å². The summed E-state index contributed by atoms with van der Waals surface area (Å²) < 4.78 is 28.3. The number of ether oxygens (including phenoxy) is 5. The van der Waals surface area contributed by atoms with E-state index in [0.29, 0.717) is 19.3 Å². The molecule has 0 bridgehead atoms. The molecule has 1 saturated heterocycles. The Morgan fingerprint density at radius 3 is 1.40 bits per heavy atom.